The Morgan fingerprint density at radius 1 is 1.42 bits per heavy atom. The van der Waals surface area contributed by atoms with Crippen LogP contribution >= 0.6 is 11.3 Å². The Morgan fingerprint density at radius 3 is 2.88 bits per heavy atom. The van der Waals surface area contributed by atoms with Crippen molar-refractivity contribution in [3.63, 3.8) is 0 Å². The van der Waals surface area contributed by atoms with Crippen LogP contribution in [-0.4, -0.2) is 23.3 Å². The zero-order valence-corrected chi connectivity index (χ0v) is 14.7. The summed E-state index contributed by atoms with van der Waals surface area (Å²) in [5.74, 6) is 0.696. The molecule has 1 saturated heterocycles. The van der Waals surface area contributed by atoms with Crippen LogP contribution in [0.15, 0.2) is 40.3 Å². The van der Waals surface area contributed by atoms with Gasteiger partial charge in [-0.2, -0.15) is 0 Å². The Balaban J connectivity index is 1.62. The number of carbonyl (C=O) groups excluding carboxylic acids is 2. The molecule has 0 bridgehead atoms. The summed E-state index contributed by atoms with van der Waals surface area (Å²) in [5.41, 5.74) is 0. The summed E-state index contributed by atoms with van der Waals surface area (Å²) in [6.07, 6.45) is 1.86. The molecule has 128 valence electrons. The third-order valence-electron chi connectivity index (χ3n) is 4.33. The van der Waals surface area contributed by atoms with E-state index in [4.69, 9.17) is 4.42 Å². The maximum atomic E-state index is 12.6. The molecule has 1 N–H and O–H groups in total. The topological polar surface area (TPSA) is 62.6 Å². The van der Waals surface area contributed by atoms with Gasteiger partial charge in [0.05, 0.1) is 24.8 Å². The van der Waals surface area contributed by atoms with Crippen LogP contribution < -0.4 is 5.32 Å². The zero-order valence-electron chi connectivity index (χ0n) is 13.9. The lowest BCUT2D eigenvalue weighted by Gasteiger charge is -2.23. The fourth-order valence-electron chi connectivity index (χ4n) is 3.00. The lowest BCUT2D eigenvalue weighted by atomic mass is 10.0. The van der Waals surface area contributed by atoms with Crippen LogP contribution in [0.1, 0.15) is 36.9 Å². The van der Waals surface area contributed by atoms with Crippen LogP contribution in [-0.2, 0) is 16.1 Å². The van der Waals surface area contributed by atoms with E-state index in [2.05, 4.69) is 19.2 Å². The molecule has 0 aliphatic carbocycles. The summed E-state index contributed by atoms with van der Waals surface area (Å²) in [6, 6.07) is 7.66. The molecule has 2 amide bonds. The van der Waals surface area contributed by atoms with Gasteiger partial charge in [-0.25, -0.2) is 0 Å². The molecule has 3 rings (SSSR count). The summed E-state index contributed by atoms with van der Waals surface area (Å²) in [4.78, 5) is 27.7. The van der Waals surface area contributed by atoms with Crippen molar-refractivity contribution in [3.05, 3.63) is 46.5 Å². The molecule has 1 aliphatic rings. The summed E-state index contributed by atoms with van der Waals surface area (Å²) < 4.78 is 5.29. The number of rotatable bonds is 6. The molecule has 5 nitrogen and oxygen atoms in total. The average Bonchev–Trinajstić information content (AvgIpc) is 3.27. The predicted octanol–water partition coefficient (Wildman–Crippen LogP) is 3.20. The first-order valence-corrected chi connectivity index (χ1v) is 9.06. The van der Waals surface area contributed by atoms with Crippen LogP contribution in [0.2, 0.25) is 0 Å². The molecule has 0 saturated carbocycles. The summed E-state index contributed by atoms with van der Waals surface area (Å²) >= 11 is 1.64. The van der Waals surface area contributed by atoms with Crippen molar-refractivity contribution in [1.82, 2.24) is 10.2 Å². The molecule has 1 aliphatic heterocycles. The van der Waals surface area contributed by atoms with Crippen molar-refractivity contribution in [3.8, 4) is 0 Å². The quantitative estimate of drug-likeness (QED) is 0.874. The van der Waals surface area contributed by atoms with Crippen molar-refractivity contribution in [2.45, 2.75) is 32.9 Å². The average molecular weight is 346 g/mol. The Labute approximate surface area is 145 Å². The van der Waals surface area contributed by atoms with Gasteiger partial charge in [0.15, 0.2) is 0 Å². The highest BCUT2D eigenvalue weighted by molar-refractivity contribution is 7.10. The lowest BCUT2D eigenvalue weighted by Crippen LogP contribution is -2.37. The third-order valence-corrected chi connectivity index (χ3v) is 5.28. The molecule has 6 heteroatoms. The van der Waals surface area contributed by atoms with E-state index in [1.165, 1.54) is 0 Å². The Hall–Kier alpha value is -2.08. The van der Waals surface area contributed by atoms with Crippen molar-refractivity contribution in [1.29, 1.82) is 0 Å². The van der Waals surface area contributed by atoms with E-state index in [0.29, 0.717) is 19.0 Å². The van der Waals surface area contributed by atoms with Gasteiger partial charge < -0.3 is 14.6 Å². The molecule has 0 radical (unpaired) electrons. The molecule has 0 aromatic carbocycles. The fourth-order valence-corrected chi connectivity index (χ4v) is 3.95. The van der Waals surface area contributed by atoms with Crippen LogP contribution in [0.5, 0.6) is 0 Å². The molecule has 2 atom stereocenters. The van der Waals surface area contributed by atoms with E-state index in [1.54, 1.807) is 28.6 Å². The summed E-state index contributed by atoms with van der Waals surface area (Å²) in [7, 11) is 0. The molecular formula is C18H22N2O3S. The molecular weight excluding hydrogens is 324 g/mol. The summed E-state index contributed by atoms with van der Waals surface area (Å²) in [5, 5.41) is 5.14. The molecule has 3 heterocycles. The zero-order chi connectivity index (χ0) is 17.1. The fraction of sp³-hybridized carbons (Fsp3) is 0.444. The molecule has 24 heavy (non-hydrogen) atoms. The predicted molar refractivity (Wildman–Crippen MR) is 92.3 cm³/mol. The largest absolute Gasteiger partial charge is 0.467 e. The second-order valence-electron chi connectivity index (χ2n) is 6.50. The minimum atomic E-state index is -0.298. The SMILES string of the molecule is CC(C)[C@H](NC(=O)[C@@H]1CC(=O)N(Cc2ccco2)C1)c1cccs1. The number of carbonyl (C=O) groups is 2. The molecule has 0 unspecified atom stereocenters. The van der Waals surface area contributed by atoms with Crippen molar-refractivity contribution in [2.24, 2.45) is 11.8 Å². The van der Waals surface area contributed by atoms with Gasteiger partial charge in [-0.3, -0.25) is 9.59 Å². The molecule has 2 aromatic rings. The van der Waals surface area contributed by atoms with E-state index in [0.717, 1.165) is 10.6 Å². The van der Waals surface area contributed by atoms with Gasteiger partial charge in [0.2, 0.25) is 11.8 Å². The number of amides is 2. The van der Waals surface area contributed by atoms with Crippen molar-refractivity contribution < 1.29 is 14.0 Å². The third kappa shape index (κ3) is 3.70. The first-order chi connectivity index (χ1) is 11.5. The minimum Gasteiger partial charge on any atom is -0.467 e. The minimum absolute atomic E-state index is 0.00349. The number of hydrogen-bond donors (Lipinski definition) is 1. The molecule has 1 fully saturated rings. The number of furan rings is 1. The Morgan fingerprint density at radius 2 is 2.25 bits per heavy atom. The van der Waals surface area contributed by atoms with E-state index in [9.17, 15) is 9.59 Å². The Bertz CT molecular complexity index is 679. The van der Waals surface area contributed by atoms with Gasteiger partial charge >= 0.3 is 0 Å². The normalized spacial score (nSPS) is 19.0. The number of likely N-dealkylation sites (tertiary alicyclic amines) is 1. The standard InChI is InChI=1S/C18H22N2O3S/c1-12(2)17(15-6-4-8-24-15)19-18(22)13-9-16(21)20(10-13)11-14-5-3-7-23-14/h3-8,12-13,17H,9-11H2,1-2H3,(H,19,22)/t13-,17+/m1/s1. The van der Waals surface area contributed by atoms with E-state index < -0.39 is 0 Å². The van der Waals surface area contributed by atoms with Gasteiger partial charge in [-0.1, -0.05) is 19.9 Å². The van der Waals surface area contributed by atoms with E-state index in [-0.39, 0.29) is 30.2 Å². The molecule has 0 spiro atoms. The highest BCUT2D eigenvalue weighted by Crippen LogP contribution is 2.27. The first-order valence-electron chi connectivity index (χ1n) is 8.18. The monoisotopic (exact) mass is 346 g/mol. The number of hydrogen-bond acceptors (Lipinski definition) is 4. The van der Waals surface area contributed by atoms with Crippen molar-refractivity contribution in [2.75, 3.05) is 6.54 Å². The lowest BCUT2D eigenvalue weighted by molar-refractivity contribution is -0.129. The van der Waals surface area contributed by atoms with Gasteiger partial charge in [0, 0.05) is 17.8 Å². The second-order valence-corrected chi connectivity index (χ2v) is 7.48. The van der Waals surface area contributed by atoms with Gasteiger partial charge in [-0.15, -0.1) is 11.3 Å². The number of nitrogens with zero attached hydrogens (tertiary/aromatic N) is 1. The first kappa shape index (κ1) is 16.8. The number of thiophene rings is 1. The Kier molecular flexibility index (Phi) is 5.04. The maximum absolute atomic E-state index is 12.6. The van der Waals surface area contributed by atoms with Crippen molar-refractivity contribution >= 4 is 23.2 Å². The summed E-state index contributed by atoms with van der Waals surface area (Å²) in [6.45, 7) is 5.05. The van der Waals surface area contributed by atoms with Crippen LogP contribution in [0.3, 0.4) is 0 Å². The van der Waals surface area contributed by atoms with E-state index in [1.807, 2.05) is 23.6 Å². The highest BCUT2D eigenvalue weighted by Gasteiger charge is 2.35. The van der Waals surface area contributed by atoms with Gasteiger partial charge in [-0.05, 0) is 29.5 Å². The van der Waals surface area contributed by atoms with Crippen LogP contribution in [0, 0.1) is 11.8 Å². The van der Waals surface area contributed by atoms with E-state index >= 15 is 0 Å². The maximum Gasteiger partial charge on any atom is 0.225 e. The van der Waals surface area contributed by atoms with Gasteiger partial charge in [0.25, 0.3) is 0 Å². The number of nitrogens with one attached hydrogen (secondary N) is 1. The highest BCUT2D eigenvalue weighted by atomic mass is 32.1. The van der Waals surface area contributed by atoms with Gasteiger partial charge in [0.1, 0.15) is 5.76 Å². The van der Waals surface area contributed by atoms with Crippen LogP contribution in [0.4, 0.5) is 0 Å². The van der Waals surface area contributed by atoms with Crippen LogP contribution in [0.25, 0.3) is 0 Å². The molecule has 2 aromatic heterocycles. The smallest absolute Gasteiger partial charge is 0.225 e. The second kappa shape index (κ2) is 7.21.